The molecule has 0 aliphatic carbocycles. The molecule has 0 bridgehead atoms. The zero-order valence-electron chi connectivity index (χ0n) is 10.3. The second-order valence-corrected chi connectivity index (χ2v) is 4.66. The van der Waals surface area contributed by atoms with Gasteiger partial charge in [0, 0.05) is 12.8 Å². The third-order valence-corrected chi connectivity index (χ3v) is 2.88. The lowest BCUT2D eigenvalue weighted by molar-refractivity contribution is -0.137. The van der Waals surface area contributed by atoms with Crippen molar-refractivity contribution >= 4 is 46.8 Å². The SMILES string of the molecule is O=C(O)CCCC(=O)NC(=O)Nc1c(Cl)cccc1Cl. The molecule has 108 valence electrons. The van der Waals surface area contributed by atoms with Gasteiger partial charge in [-0.15, -0.1) is 0 Å². The number of hydrogen-bond acceptors (Lipinski definition) is 3. The van der Waals surface area contributed by atoms with Crippen molar-refractivity contribution in [1.82, 2.24) is 5.32 Å². The van der Waals surface area contributed by atoms with Crippen molar-refractivity contribution in [3.05, 3.63) is 28.2 Å². The predicted molar refractivity (Wildman–Crippen MR) is 75.1 cm³/mol. The number of carbonyl (C=O) groups excluding carboxylic acids is 2. The van der Waals surface area contributed by atoms with E-state index in [2.05, 4.69) is 10.6 Å². The minimum atomic E-state index is -0.995. The third-order valence-electron chi connectivity index (χ3n) is 2.25. The van der Waals surface area contributed by atoms with E-state index in [4.69, 9.17) is 28.3 Å². The largest absolute Gasteiger partial charge is 0.481 e. The van der Waals surface area contributed by atoms with Gasteiger partial charge < -0.3 is 10.4 Å². The Morgan fingerprint density at radius 3 is 2.25 bits per heavy atom. The molecule has 0 atom stereocenters. The molecule has 0 fully saturated rings. The number of carboxylic acids is 1. The van der Waals surface area contributed by atoms with E-state index in [-0.39, 0.29) is 35.0 Å². The molecule has 3 N–H and O–H groups in total. The molecule has 1 aromatic rings. The second kappa shape index (κ2) is 7.72. The number of urea groups is 1. The molecule has 1 rings (SSSR count). The maximum atomic E-state index is 11.5. The van der Waals surface area contributed by atoms with Crippen molar-refractivity contribution in [1.29, 1.82) is 0 Å². The van der Waals surface area contributed by atoms with E-state index in [1.807, 2.05) is 0 Å². The van der Waals surface area contributed by atoms with Crippen LogP contribution in [0.5, 0.6) is 0 Å². The first kappa shape index (κ1) is 16.3. The predicted octanol–water partition coefficient (Wildman–Crippen LogP) is 2.90. The van der Waals surface area contributed by atoms with Crippen LogP contribution in [0.2, 0.25) is 10.0 Å². The smallest absolute Gasteiger partial charge is 0.325 e. The minimum absolute atomic E-state index is 0.0595. The van der Waals surface area contributed by atoms with Crippen LogP contribution >= 0.6 is 23.2 Å². The van der Waals surface area contributed by atoms with Gasteiger partial charge in [0.1, 0.15) is 0 Å². The molecule has 0 aromatic heterocycles. The van der Waals surface area contributed by atoms with Crippen LogP contribution in [0, 0.1) is 0 Å². The first-order valence-corrected chi connectivity index (χ1v) is 6.42. The number of imide groups is 1. The van der Waals surface area contributed by atoms with Gasteiger partial charge in [0.2, 0.25) is 5.91 Å². The van der Waals surface area contributed by atoms with Gasteiger partial charge in [0.25, 0.3) is 0 Å². The Bertz CT molecular complexity index is 514. The fraction of sp³-hybridized carbons (Fsp3) is 0.250. The van der Waals surface area contributed by atoms with Crippen molar-refractivity contribution in [2.24, 2.45) is 0 Å². The van der Waals surface area contributed by atoms with Crippen LogP contribution in [0.3, 0.4) is 0 Å². The van der Waals surface area contributed by atoms with Crippen LogP contribution in [-0.2, 0) is 9.59 Å². The van der Waals surface area contributed by atoms with Crippen LogP contribution in [0.25, 0.3) is 0 Å². The number of benzene rings is 1. The van der Waals surface area contributed by atoms with Crippen molar-refractivity contribution in [2.45, 2.75) is 19.3 Å². The van der Waals surface area contributed by atoms with E-state index in [1.54, 1.807) is 6.07 Å². The number of rotatable bonds is 5. The van der Waals surface area contributed by atoms with Gasteiger partial charge in [-0.1, -0.05) is 29.3 Å². The number of nitrogens with one attached hydrogen (secondary N) is 2. The van der Waals surface area contributed by atoms with Gasteiger partial charge in [-0.25, -0.2) is 4.79 Å². The molecule has 8 heteroatoms. The number of aliphatic carboxylic acids is 1. The monoisotopic (exact) mass is 318 g/mol. The van der Waals surface area contributed by atoms with E-state index in [0.717, 1.165) is 0 Å². The van der Waals surface area contributed by atoms with Crippen molar-refractivity contribution in [3.63, 3.8) is 0 Å². The molecule has 0 spiro atoms. The van der Waals surface area contributed by atoms with Gasteiger partial charge in [0.05, 0.1) is 15.7 Å². The molecular weight excluding hydrogens is 307 g/mol. The molecule has 20 heavy (non-hydrogen) atoms. The molecule has 0 aliphatic heterocycles. The highest BCUT2D eigenvalue weighted by Gasteiger charge is 2.12. The van der Waals surface area contributed by atoms with Crippen LogP contribution in [0.15, 0.2) is 18.2 Å². The molecule has 1 aromatic carbocycles. The molecule has 0 saturated carbocycles. The summed E-state index contributed by atoms with van der Waals surface area (Å²) in [6.45, 7) is 0. The number of carbonyl (C=O) groups is 3. The summed E-state index contributed by atoms with van der Waals surface area (Å²) < 4.78 is 0. The highest BCUT2D eigenvalue weighted by Crippen LogP contribution is 2.29. The lowest BCUT2D eigenvalue weighted by Gasteiger charge is -2.09. The Labute approximate surface area is 125 Å². The number of halogens is 2. The molecule has 0 radical (unpaired) electrons. The van der Waals surface area contributed by atoms with Gasteiger partial charge in [-0.2, -0.15) is 0 Å². The maximum absolute atomic E-state index is 11.5. The van der Waals surface area contributed by atoms with Gasteiger partial charge in [0.15, 0.2) is 0 Å². The number of anilines is 1. The molecule has 6 nitrogen and oxygen atoms in total. The fourth-order valence-corrected chi connectivity index (χ4v) is 1.84. The first-order valence-electron chi connectivity index (χ1n) is 5.67. The normalized spacial score (nSPS) is 9.90. The number of carboxylic acid groups (broad SMARTS) is 1. The molecule has 0 unspecified atom stereocenters. The Morgan fingerprint density at radius 2 is 1.70 bits per heavy atom. The van der Waals surface area contributed by atoms with E-state index in [9.17, 15) is 14.4 Å². The molecule has 3 amide bonds. The third kappa shape index (κ3) is 5.46. The second-order valence-electron chi connectivity index (χ2n) is 3.85. The van der Waals surface area contributed by atoms with E-state index in [1.165, 1.54) is 12.1 Å². The summed E-state index contributed by atoms with van der Waals surface area (Å²) in [6.07, 6.45) is -0.0390. The van der Waals surface area contributed by atoms with Crippen molar-refractivity contribution in [2.75, 3.05) is 5.32 Å². The fourth-order valence-electron chi connectivity index (χ4n) is 1.35. The minimum Gasteiger partial charge on any atom is -0.481 e. The van der Waals surface area contributed by atoms with Crippen molar-refractivity contribution in [3.8, 4) is 0 Å². The lowest BCUT2D eigenvalue weighted by atomic mass is 10.2. The highest BCUT2D eigenvalue weighted by atomic mass is 35.5. The number of para-hydroxylation sites is 1. The number of hydrogen-bond donors (Lipinski definition) is 3. The topological polar surface area (TPSA) is 95.5 Å². The van der Waals surface area contributed by atoms with Gasteiger partial charge in [-0.3, -0.25) is 14.9 Å². The average Bonchev–Trinajstić information content (AvgIpc) is 2.33. The summed E-state index contributed by atoms with van der Waals surface area (Å²) in [5, 5.41) is 13.3. The maximum Gasteiger partial charge on any atom is 0.325 e. The van der Waals surface area contributed by atoms with Crippen molar-refractivity contribution < 1.29 is 19.5 Å². The Balaban J connectivity index is 2.47. The van der Waals surface area contributed by atoms with Crippen LogP contribution in [0.1, 0.15) is 19.3 Å². The zero-order valence-corrected chi connectivity index (χ0v) is 11.8. The van der Waals surface area contributed by atoms with Crippen LogP contribution in [0.4, 0.5) is 10.5 Å². The quantitative estimate of drug-likeness (QED) is 0.777. The zero-order chi connectivity index (χ0) is 15.1. The molecule has 0 aliphatic rings. The standard InChI is InChI=1S/C12H12Cl2N2O4/c13-7-3-1-4-8(14)11(7)16-12(20)15-9(17)5-2-6-10(18)19/h1,3-4H,2,5-6H2,(H,18,19)(H2,15,16,17,20). The average molecular weight is 319 g/mol. The lowest BCUT2D eigenvalue weighted by Crippen LogP contribution is -2.34. The van der Waals surface area contributed by atoms with Crippen LogP contribution < -0.4 is 10.6 Å². The van der Waals surface area contributed by atoms with Gasteiger partial charge in [-0.05, 0) is 18.6 Å². The van der Waals surface area contributed by atoms with E-state index >= 15 is 0 Å². The number of amides is 3. The van der Waals surface area contributed by atoms with E-state index in [0.29, 0.717) is 0 Å². The highest BCUT2D eigenvalue weighted by molar-refractivity contribution is 6.39. The summed E-state index contributed by atoms with van der Waals surface area (Å²) in [5.74, 6) is -1.57. The summed E-state index contributed by atoms with van der Waals surface area (Å²) in [5.41, 5.74) is 0.201. The molecular formula is C12H12Cl2N2O4. The Hall–Kier alpha value is -1.79. The Kier molecular flexibility index (Phi) is 6.27. The summed E-state index contributed by atoms with van der Waals surface area (Å²) in [6, 6.07) is 3.92. The summed E-state index contributed by atoms with van der Waals surface area (Å²) in [4.78, 5) is 33.2. The molecule has 0 saturated heterocycles. The Morgan fingerprint density at radius 1 is 1.10 bits per heavy atom. The molecule has 0 heterocycles. The summed E-state index contributed by atoms with van der Waals surface area (Å²) in [7, 11) is 0. The van der Waals surface area contributed by atoms with Crippen LogP contribution in [-0.4, -0.2) is 23.0 Å². The summed E-state index contributed by atoms with van der Waals surface area (Å²) >= 11 is 11.7. The van der Waals surface area contributed by atoms with E-state index < -0.39 is 17.9 Å². The van der Waals surface area contributed by atoms with Gasteiger partial charge >= 0.3 is 12.0 Å². The first-order chi connectivity index (χ1) is 9.40.